The number of aryl methyl sites for hydroxylation is 1. The molecule has 1 atom stereocenters. The summed E-state index contributed by atoms with van der Waals surface area (Å²) in [6.07, 6.45) is 0.843. The molecule has 0 saturated heterocycles. The zero-order valence-electron chi connectivity index (χ0n) is 13.0. The van der Waals surface area contributed by atoms with Crippen LogP contribution in [0.5, 0.6) is 0 Å². The van der Waals surface area contributed by atoms with Crippen LogP contribution in [0.3, 0.4) is 0 Å². The fourth-order valence-corrected chi connectivity index (χ4v) is 4.02. The normalized spacial score (nSPS) is 12.3. The number of halogens is 2. The number of anilines is 1. The van der Waals surface area contributed by atoms with Crippen molar-refractivity contribution in [2.45, 2.75) is 12.5 Å². The first-order chi connectivity index (χ1) is 11.6. The van der Waals surface area contributed by atoms with Gasteiger partial charge in [-0.25, -0.2) is 4.68 Å². The molecule has 2 aromatic heterocycles. The summed E-state index contributed by atoms with van der Waals surface area (Å²) >= 11 is 14.0. The maximum absolute atomic E-state index is 6.39. The summed E-state index contributed by atoms with van der Waals surface area (Å²) in [5, 5.41) is 12.5. The highest BCUT2D eigenvalue weighted by Crippen LogP contribution is 2.40. The predicted molar refractivity (Wildman–Crippen MR) is 101 cm³/mol. The molecular weight excluding hydrogens is 365 g/mol. The van der Waals surface area contributed by atoms with Crippen molar-refractivity contribution in [2.24, 2.45) is 12.8 Å². The van der Waals surface area contributed by atoms with Crippen LogP contribution in [-0.4, -0.2) is 27.6 Å². The summed E-state index contributed by atoms with van der Waals surface area (Å²) in [5.41, 5.74) is 8.68. The molecule has 3 rings (SSSR count). The molecule has 0 aliphatic rings. The van der Waals surface area contributed by atoms with Crippen LogP contribution in [0.1, 0.15) is 5.56 Å². The maximum Gasteiger partial charge on any atom is 0.179 e. The van der Waals surface area contributed by atoms with E-state index in [1.54, 1.807) is 11.7 Å². The van der Waals surface area contributed by atoms with Crippen molar-refractivity contribution in [1.82, 2.24) is 15.0 Å². The molecule has 0 amide bonds. The highest BCUT2D eigenvalue weighted by molar-refractivity contribution is 7.20. The first-order valence-corrected chi connectivity index (χ1v) is 9.01. The van der Waals surface area contributed by atoms with Gasteiger partial charge in [-0.05, 0) is 18.1 Å². The van der Waals surface area contributed by atoms with E-state index >= 15 is 0 Å². The molecule has 3 N–H and O–H groups in total. The van der Waals surface area contributed by atoms with E-state index < -0.39 is 0 Å². The van der Waals surface area contributed by atoms with E-state index in [0.29, 0.717) is 21.7 Å². The molecular formula is C16H17Cl2N5S. The summed E-state index contributed by atoms with van der Waals surface area (Å²) < 4.78 is 2.25. The summed E-state index contributed by atoms with van der Waals surface area (Å²) in [6.45, 7) is 0.522. The molecule has 0 spiro atoms. The third kappa shape index (κ3) is 3.72. The van der Waals surface area contributed by atoms with Crippen LogP contribution in [0.25, 0.3) is 11.3 Å². The van der Waals surface area contributed by atoms with E-state index in [1.807, 2.05) is 24.3 Å². The van der Waals surface area contributed by atoms with E-state index in [2.05, 4.69) is 27.8 Å². The van der Waals surface area contributed by atoms with Crippen LogP contribution in [0.15, 0.2) is 36.4 Å². The van der Waals surface area contributed by atoms with Crippen LogP contribution < -0.4 is 11.1 Å². The Labute approximate surface area is 154 Å². The summed E-state index contributed by atoms with van der Waals surface area (Å²) in [6, 6.07) is 12.3. The van der Waals surface area contributed by atoms with Gasteiger partial charge < -0.3 is 11.1 Å². The van der Waals surface area contributed by atoms with Crippen molar-refractivity contribution in [3.05, 3.63) is 51.5 Å². The third-order valence-corrected chi connectivity index (χ3v) is 5.23. The molecule has 0 radical (unpaired) electrons. The zero-order valence-corrected chi connectivity index (χ0v) is 15.4. The minimum absolute atomic E-state index is 0.120. The Morgan fingerprint density at radius 1 is 1.29 bits per heavy atom. The molecule has 126 valence electrons. The number of benzene rings is 1. The Bertz CT molecular complexity index is 796. The molecule has 2 heterocycles. The Kier molecular flexibility index (Phi) is 5.40. The Hall–Kier alpha value is -1.60. The lowest BCUT2D eigenvalue weighted by Gasteiger charge is -2.16. The van der Waals surface area contributed by atoms with Crippen LogP contribution in [0, 0.1) is 0 Å². The lowest BCUT2D eigenvalue weighted by molar-refractivity contribution is 0.720. The lowest BCUT2D eigenvalue weighted by atomic mass is 10.1. The van der Waals surface area contributed by atoms with Crippen LogP contribution in [0.4, 0.5) is 5.00 Å². The van der Waals surface area contributed by atoms with Gasteiger partial charge in [-0.1, -0.05) is 58.7 Å². The molecule has 3 aromatic rings. The number of hydrogen-bond acceptors (Lipinski definition) is 5. The highest BCUT2D eigenvalue weighted by atomic mass is 35.5. The second kappa shape index (κ2) is 7.53. The van der Waals surface area contributed by atoms with Crippen LogP contribution >= 0.6 is 34.5 Å². The molecule has 0 unspecified atom stereocenters. The number of nitrogens with two attached hydrogens (primary N) is 1. The average Bonchev–Trinajstić information content (AvgIpc) is 3.09. The topological polar surface area (TPSA) is 68.8 Å². The minimum Gasteiger partial charge on any atom is -0.373 e. The first kappa shape index (κ1) is 17.2. The number of aromatic nitrogens is 3. The van der Waals surface area contributed by atoms with E-state index in [9.17, 15) is 0 Å². The fraction of sp³-hybridized carbons (Fsp3) is 0.250. The molecule has 0 aliphatic heterocycles. The highest BCUT2D eigenvalue weighted by Gasteiger charge is 2.18. The number of hydrogen-bond donors (Lipinski definition) is 2. The summed E-state index contributed by atoms with van der Waals surface area (Å²) in [5.74, 6) is 0. The van der Waals surface area contributed by atoms with Gasteiger partial charge in [-0.3, -0.25) is 0 Å². The van der Waals surface area contributed by atoms with Gasteiger partial charge in [0.25, 0.3) is 0 Å². The van der Waals surface area contributed by atoms with E-state index in [4.69, 9.17) is 28.9 Å². The van der Waals surface area contributed by atoms with Crippen molar-refractivity contribution < 1.29 is 0 Å². The number of rotatable bonds is 6. The number of nitrogens with one attached hydrogen (secondary N) is 1. The molecule has 0 saturated carbocycles. The zero-order chi connectivity index (χ0) is 17.1. The smallest absolute Gasteiger partial charge is 0.179 e. The van der Waals surface area contributed by atoms with Crippen molar-refractivity contribution in [1.29, 1.82) is 0 Å². The summed E-state index contributed by atoms with van der Waals surface area (Å²) in [7, 11) is 1.79. The summed E-state index contributed by atoms with van der Waals surface area (Å²) in [4.78, 5) is 0. The van der Waals surface area contributed by atoms with Gasteiger partial charge in [-0.15, -0.1) is 16.4 Å². The first-order valence-electron chi connectivity index (χ1n) is 7.44. The maximum atomic E-state index is 6.39. The predicted octanol–water partition coefficient (Wildman–Crippen LogP) is 3.83. The Morgan fingerprint density at radius 2 is 2.04 bits per heavy atom. The van der Waals surface area contributed by atoms with Gasteiger partial charge in [0.15, 0.2) is 5.15 Å². The van der Waals surface area contributed by atoms with E-state index in [1.165, 1.54) is 16.9 Å². The van der Waals surface area contributed by atoms with Gasteiger partial charge >= 0.3 is 0 Å². The fourth-order valence-electron chi connectivity index (χ4n) is 2.51. The number of nitrogens with zero attached hydrogens (tertiary/aromatic N) is 3. The average molecular weight is 382 g/mol. The standard InChI is InChI=1S/C16H17Cl2N5S/c1-23-14(15(17)21-22-23)12-8-13(24-16(12)18)20-11(9-19)7-10-5-3-2-4-6-10/h2-6,8,11,20H,7,9,19H2,1H3/t11-/m0/s1. The Morgan fingerprint density at radius 3 is 2.67 bits per heavy atom. The van der Waals surface area contributed by atoms with Crippen molar-refractivity contribution in [3.63, 3.8) is 0 Å². The van der Waals surface area contributed by atoms with Crippen LogP contribution in [-0.2, 0) is 13.5 Å². The molecule has 1 aromatic carbocycles. The molecule has 0 bridgehead atoms. The second-order valence-electron chi connectivity index (χ2n) is 5.42. The monoisotopic (exact) mass is 381 g/mol. The largest absolute Gasteiger partial charge is 0.373 e. The van der Waals surface area contributed by atoms with Gasteiger partial charge in [0.1, 0.15) is 10.0 Å². The Balaban J connectivity index is 1.79. The molecule has 8 heteroatoms. The van der Waals surface area contributed by atoms with E-state index in [-0.39, 0.29) is 6.04 Å². The molecule has 0 fully saturated rings. The van der Waals surface area contributed by atoms with Gasteiger partial charge in [0.05, 0.1) is 5.00 Å². The second-order valence-corrected chi connectivity index (χ2v) is 7.43. The molecule has 24 heavy (non-hydrogen) atoms. The SMILES string of the molecule is Cn1nnc(Cl)c1-c1cc(N[C@H](CN)Cc2ccccc2)sc1Cl. The van der Waals surface area contributed by atoms with Crippen molar-refractivity contribution in [3.8, 4) is 11.3 Å². The van der Waals surface area contributed by atoms with Gasteiger partial charge in [-0.2, -0.15) is 0 Å². The van der Waals surface area contributed by atoms with Crippen molar-refractivity contribution in [2.75, 3.05) is 11.9 Å². The quantitative estimate of drug-likeness (QED) is 0.680. The number of thiophene rings is 1. The van der Waals surface area contributed by atoms with Crippen LogP contribution in [0.2, 0.25) is 9.49 Å². The van der Waals surface area contributed by atoms with E-state index in [0.717, 1.165) is 17.0 Å². The van der Waals surface area contributed by atoms with Gasteiger partial charge in [0, 0.05) is 25.2 Å². The molecule has 0 aliphatic carbocycles. The van der Waals surface area contributed by atoms with Crippen molar-refractivity contribution >= 4 is 39.5 Å². The minimum atomic E-state index is 0.120. The molecule has 5 nitrogen and oxygen atoms in total. The third-order valence-electron chi connectivity index (χ3n) is 3.68. The lowest BCUT2D eigenvalue weighted by Crippen LogP contribution is -2.30. The van der Waals surface area contributed by atoms with Gasteiger partial charge in [0.2, 0.25) is 0 Å².